The first-order valence-corrected chi connectivity index (χ1v) is 4.25. The molecule has 2 N–H and O–H groups in total. The third kappa shape index (κ3) is 1.55. The minimum atomic E-state index is -0.449. The molecular weight excluding hydrogens is 166 g/mol. The van der Waals surface area contributed by atoms with E-state index in [4.69, 9.17) is 10.5 Å². The molecule has 1 atom stereocenters. The van der Waals surface area contributed by atoms with E-state index in [-0.39, 0.29) is 5.91 Å². The quantitative estimate of drug-likeness (QED) is 0.683. The molecule has 2 rings (SSSR count). The second-order valence-electron chi connectivity index (χ2n) is 3.17. The molecule has 0 bridgehead atoms. The average molecular weight is 177 g/mol. The van der Waals surface area contributed by atoms with Crippen molar-refractivity contribution in [3.63, 3.8) is 0 Å². The summed E-state index contributed by atoms with van der Waals surface area (Å²) >= 11 is 0. The molecule has 1 aliphatic rings. The smallest absolute Gasteiger partial charge is 0.246 e. The lowest BCUT2D eigenvalue weighted by atomic mass is 9.99. The highest BCUT2D eigenvalue weighted by atomic mass is 16.5. The molecule has 0 saturated carbocycles. The van der Waals surface area contributed by atoms with Crippen LogP contribution in [0.5, 0.6) is 0 Å². The highest BCUT2D eigenvalue weighted by Gasteiger charge is 2.22. The summed E-state index contributed by atoms with van der Waals surface area (Å²) in [5.41, 5.74) is 7.48. The SMILES string of the molecule is NC(=O)[C@@H]1Cc2ccccc2CO1. The Morgan fingerprint density at radius 2 is 2.08 bits per heavy atom. The molecule has 3 nitrogen and oxygen atoms in total. The van der Waals surface area contributed by atoms with E-state index in [1.165, 1.54) is 0 Å². The van der Waals surface area contributed by atoms with Gasteiger partial charge in [0, 0.05) is 6.42 Å². The third-order valence-electron chi connectivity index (χ3n) is 2.28. The maximum absolute atomic E-state index is 10.9. The standard InChI is InChI=1S/C10H11NO2/c11-10(12)9-5-7-3-1-2-4-8(7)6-13-9/h1-4,9H,5-6H2,(H2,11,12)/t9-/m0/s1. The van der Waals surface area contributed by atoms with Crippen molar-refractivity contribution in [2.75, 3.05) is 0 Å². The summed E-state index contributed by atoms with van der Waals surface area (Å²) < 4.78 is 5.29. The minimum absolute atomic E-state index is 0.380. The number of primary amides is 1. The predicted molar refractivity (Wildman–Crippen MR) is 47.9 cm³/mol. The molecule has 1 aromatic carbocycles. The summed E-state index contributed by atoms with van der Waals surface area (Å²) in [4.78, 5) is 10.9. The second kappa shape index (κ2) is 3.18. The van der Waals surface area contributed by atoms with Crippen LogP contribution in [0.1, 0.15) is 11.1 Å². The Hall–Kier alpha value is -1.35. The minimum Gasteiger partial charge on any atom is -0.367 e. The van der Waals surface area contributed by atoms with Gasteiger partial charge >= 0.3 is 0 Å². The molecule has 0 fully saturated rings. The van der Waals surface area contributed by atoms with E-state index in [1.54, 1.807) is 0 Å². The van der Waals surface area contributed by atoms with Crippen LogP contribution in [0.3, 0.4) is 0 Å². The molecule has 0 spiro atoms. The number of carbonyl (C=O) groups is 1. The normalized spacial score (nSPS) is 20.8. The van der Waals surface area contributed by atoms with Gasteiger partial charge in [-0.15, -0.1) is 0 Å². The van der Waals surface area contributed by atoms with Crippen LogP contribution in [0.25, 0.3) is 0 Å². The lowest BCUT2D eigenvalue weighted by Gasteiger charge is -2.22. The van der Waals surface area contributed by atoms with Gasteiger partial charge in [-0.2, -0.15) is 0 Å². The van der Waals surface area contributed by atoms with E-state index >= 15 is 0 Å². The number of hydrogen-bond acceptors (Lipinski definition) is 2. The highest BCUT2D eigenvalue weighted by molar-refractivity contribution is 5.79. The van der Waals surface area contributed by atoms with Crippen molar-refractivity contribution in [3.8, 4) is 0 Å². The van der Waals surface area contributed by atoms with Crippen LogP contribution in [-0.4, -0.2) is 12.0 Å². The molecule has 0 aromatic heterocycles. The molecule has 0 saturated heterocycles. The Labute approximate surface area is 76.5 Å². The van der Waals surface area contributed by atoms with Crippen LogP contribution in [0.4, 0.5) is 0 Å². The van der Waals surface area contributed by atoms with Gasteiger partial charge in [-0.25, -0.2) is 0 Å². The number of benzene rings is 1. The van der Waals surface area contributed by atoms with E-state index in [1.807, 2.05) is 24.3 Å². The lowest BCUT2D eigenvalue weighted by Crippen LogP contribution is -2.35. The van der Waals surface area contributed by atoms with Crippen molar-refractivity contribution in [3.05, 3.63) is 35.4 Å². The number of nitrogens with two attached hydrogens (primary N) is 1. The van der Waals surface area contributed by atoms with E-state index in [9.17, 15) is 4.79 Å². The molecule has 1 aromatic rings. The molecule has 0 radical (unpaired) electrons. The number of hydrogen-bond donors (Lipinski definition) is 1. The summed E-state index contributed by atoms with van der Waals surface area (Å²) in [5, 5.41) is 0. The van der Waals surface area contributed by atoms with E-state index in [0.29, 0.717) is 13.0 Å². The maximum atomic E-state index is 10.9. The predicted octanol–water partition coefficient (Wildman–Crippen LogP) is 0.613. The monoisotopic (exact) mass is 177 g/mol. The summed E-state index contributed by atoms with van der Waals surface area (Å²) in [5.74, 6) is -0.380. The van der Waals surface area contributed by atoms with E-state index < -0.39 is 6.10 Å². The van der Waals surface area contributed by atoms with Crippen molar-refractivity contribution in [2.24, 2.45) is 5.73 Å². The zero-order chi connectivity index (χ0) is 9.26. The Bertz CT molecular complexity index is 335. The molecule has 0 aliphatic carbocycles. The van der Waals surface area contributed by atoms with Crippen molar-refractivity contribution in [1.82, 2.24) is 0 Å². The second-order valence-corrected chi connectivity index (χ2v) is 3.17. The molecule has 3 heteroatoms. The highest BCUT2D eigenvalue weighted by Crippen LogP contribution is 2.19. The Morgan fingerprint density at radius 1 is 1.38 bits per heavy atom. The van der Waals surface area contributed by atoms with Crippen LogP contribution in [0, 0.1) is 0 Å². The Kier molecular flexibility index (Phi) is 2.02. The van der Waals surface area contributed by atoms with Gasteiger partial charge in [0.05, 0.1) is 6.61 Å². The number of ether oxygens (including phenoxy) is 1. The number of carbonyl (C=O) groups excluding carboxylic acids is 1. The molecule has 1 heterocycles. The molecule has 1 amide bonds. The number of fused-ring (bicyclic) bond motifs is 1. The average Bonchev–Trinajstić information content (AvgIpc) is 2.17. The van der Waals surface area contributed by atoms with Gasteiger partial charge in [0.15, 0.2) is 0 Å². The van der Waals surface area contributed by atoms with Crippen LogP contribution in [0.15, 0.2) is 24.3 Å². The van der Waals surface area contributed by atoms with Gasteiger partial charge in [0.1, 0.15) is 6.10 Å². The lowest BCUT2D eigenvalue weighted by molar-refractivity contribution is -0.131. The summed E-state index contributed by atoms with van der Waals surface area (Å²) in [6.45, 7) is 0.490. The number of rotatable bonds is 1. The van der Waals surface area contributed by atoms with Gasteiger partial charge in [-0.1, -0.05) is 24.3 Å². The van der Waals surface area contributed by atoms with Gasteiger partial charge < -0.3 is 10.5 Å². The Morgan fingerprint density at radius 3 is 2.77 bits per heavy atom. The van der Waals surface area contributed by atoms with E-state index in [2.05, 4.69) is 0 Å². The van der Waals surface area contributed by atoms with Gasteiger partial charge in [0.2, 0.25) is 5.91 Å². The zero-order valence-corrected chi connectivity index (χ0v) is 7.19. The van der Waals surface area contributed by atoms with Crippen molar-refractivity contribution in [2.45, 2.75) is 19.1 Å². The van der Waals surface area contributed by atoms with Crippen LogP contribution >= 0.6 is 0 Å². The first kappa shape index (κ1) is 8.26. The van der Waals surface area contributed by atoms with Crippen molar-refractivity contribution < 1.29 is 9.53 Å². The summed E-state index contributed by atoms with van der Waals surface area (Å²) in [7, 11) is 0. The molecule has 0 unspecified atom stereocenters. The van der Waals surface area contributed by atoms with Crippen molar-refractivity contribution >= 4 is 5.91 Å². The Balaban J connectivity index is 2.24. The fourth-order valence-electron chi connectivity index (χ4n) is 1.53. The maximum Gasteiger partial charge on any atom is 0.246 e. The molecule has 68 valence electrons. The molecular formula is C10H11NO2. The van der Waals surface area contributed by atoms with Crippen LogP contribution in [0.2, 0.25) is 0 Å². The van der Waals surface area contributed by atoms with Gasteiger partial charge in [-0.3, -0.25) is 4.79 Å². The number of amides is 1. The third-order valence-corrected chi connectivity index (χ3v) is 2.28. The fraction of sp³-hybridized carbons (Fsp3) is 0.300. The largest absolute Gasteiger partial charge is 0.367 e. The van der Waals surface area contributed by atoms with Gasteiger partial charge in [-0.05, 0) is 11.1 Å². The van der Waals surface area contributed by atoms with E-state index in [0.717, 1.165) is 11.1 Å². The fourth-order valence-corrected chi connectivity index (χ4v) is 1.53. The zero-order valence-electron chi connectivity index (χ0n) is 7.19. The van der Waals surface area contributed by atoms with Crippen LogP contribution in [-0.2, 0) is 22.6 Å². The molecule has 13 heavy (non-hydrogen) atoms. The molecule has 1 aliphatic heterocycles. The topological polar surface area (TPSA) is 52.3 Å². The first-order chi connectivity index (χ1) is 6.27. The van der Waals surface area contributed by atoms with Crippen molar-refractivity contribution in [1.29, 1.82) is 0 Å². The van der Waals surface area contributed by atoms with Gasteiger partial charge in [0.25, 0.3) is 0 Å². The first-order valence-electron chi connectivity index (χ1n) is 4.25. The summed E-state index contributed by atoms with van der Waals surface area (Å²) in [6.07, 6.45) is 0.154. The summed E-state index contributed by atoms with van der Waals surface area (Å²) in [6, 6.07) is 7.94. The van der Waals surface area contributed by atoms with Crippen LogP contribution < -0.4 is 5.73 Å².